The van der Waals surface area contributed by atoms with Gasteiger partial charge in [-0.25, -0.2) is 4.79 Å². The molecule has 3 amide bonds. The topological polar surface area (TPSA) is 90.4 Å². The predicted octanol–water partition coefficient (Wildman–Crippen LogP) is 2.70. The molecule has 2 atom stereocenters. The second-order valence-electron chi connectivity index (χ2n) is 9.60. The molecule has 3 aliphatic rings. The standard InChI is InChI=1S/C25H26ClN5O3/c26-17-4-5-20-19(9-17)18-6-7-29(14-21(18)28-20)25(34)27-10-24(33)30-11-15-8-16(13-30)22-2-1-3-23(32)31(22)12-15/h1-5,9,15-16,28H,6-8,10-14H2,(H,27,34)/t15-,16+/m1/s1. The Labute approximate surface area is 201 Å². The lowest BCUT2D eigenvalue weighted by atomic mass is 9.83. The van der Waals surface area contributed by atoms with Gasteiger partial charge in [0.05, 0.1) is 13.1 Å². The Morgan fingerprint density at radius 1 is 1.12 bits per heavy atom. The first-order valence-corrected chi connectivity index (χ1v) is 12.1. The highest BCUT2D eigenvalue weighted by molar-refractivity contribution is 6.31. The van der Waals surface area contributed by atoms with Crippen LogP contribution in [0.5, 0.6) is 0 Å². The van der Waals surface area contributed by atoms with Crippen molar-refractivity contribution in [2.24, 2.45) is 5.92 Å². The SMILES string of the molecule is O=C(CNC(=O)N1CCc2c([nH]c3ccc(Cl)cc23)C1)N1C[C@H]2C[C@@H](C1)c1cccc(=O)n1C2. The number of fused-ring (bicyclic) bond motifs is 7. The van der Waals surface area contributed by atoms with Gasteiger partial charge < -0.3 is 24.7 Å². The fourth-order valence-electron chi connectivity index (χ4n) is 5.86. The molecule has 9 heteroatoms. The summed E-state index contributed by atoms with van der Waals surface area (Å²) in [5.41, 5.74) is 4.28. The quantitative estimate of drug-likeness (QED) is 0.592. The van der Waals surface area contributed by atoms with Crippen LogP contribution in [0.4, 0.5) is 4.79 Å². The Bertz CT molecular complexity index is 1360. The van der Waals surface area contributed by atoms with Gasteiger partial charge in [0.15, 0.2) is 0 Å². The zero-order valence-electron chi connectivity index (χ0n) is 18.7. The van der Waals surface area contributed by atoms with Gasteiger partial charge in [-0.3, -0.25) is 9.59 Å². The van der Waals surface area contributed by atoms with Crippen molar-refractivity contribution in [1.29, 1.82) is 0 Å². The van der Waals surface area contributed by atoms with E-state index in [2.05, 4.69) is 10.3 Å². The third-order valence-corrected chi connectivity index (χ3v) is 7.68. The van der Waals surface area contributed by atoms with E-state index >= 15 is 0 Å². The number of likely N-dealkylation sites (tertiary alicyclic amines) is 1. The van der Waals surface area contributed by atoms with Gasteiger partial charge >= 0.3 is 6.03 Å². The molecule has 6 rings (SSSR count). The van der Waals surface area contributed by atoms with E-state index in [1.807, 2.05) is 33.7 Å². The van der Waals surface area contributed by atoms with Gasteiger partial charge in [-0.15, -0.1) is 0 Å². The summed E-state index contributed by atoms with van der Waals surface area (Å²) in [7, 11) is 0. The average molecular weight is 480 g/mol. The first-order valence-electron chi connectivity index (χ1n) is 11.8. The van der Waals surface area contributed by atoms with Crippen molar-refractivity contribution >= 4 is 34.4 Å². The van der Waals surface area contributed by atoms with Gasteiger partial charge in [0.25, 0.3) is 5.56 Å². The molecule has 2 N–H and O–H groups in total. The molecule has 5 heterocycles. The van der Waals surface area contributed by atoms with E-state index in [0.29, 0.717) is 37.7 Å². The first kappa shape index (κ1) is 21.3. The molecule has 176 valence electrons. The Kier molecular flexibility index (Phi) is 5.13. The number of benzene rings is 1. The molecule has 1 aromatic carbocycles. The van der Waals surface area contributed by atoms with Crippen molar-refractivity contribution < 1.29 is 9.59 Å². The van der Waals surface area contributed by atoms with Crippen molar-refractivity contribution in [3.8, 4) is 0 Å². The highest BCUT2D eigenvalue weighted by Gasteiger charge is 2.36. The second kappa shape index (κ2) is 8.20. The van der Waals surface area contributed by atoms with Crippen LogP contribution in [0.3, 0.4) is 0 Å². The fraction of sp³-hybridized carbons (Fsp3) is 0.400. The van der Waals surface area contributed by atoms with Gasteiger partial charge in [-0.05, 0) is 48.6 Å². The van der Waals surface area contributed by atoms with Crippen LogP contribution in [-0.2, 0) is 24.3 Å². The maximum atomic E-state index is 12.9. The molecule has 2 aromatic heterocycles. The van der Waals surface area contributed by atoms with Gasteiger partial charge in [-0.1, -0.05) is 17.7 Å². The smallest absolute Gasteiger partial charge is 0.318 e. The minimum Gasteiger partial charge on any atom is -0.357 e. The number of rotatable bonds is 2. The molecule has 8 nitrogen and oxygen atoms in total. The number of nitrogens with one attached hydrogen (secondary N) is 2. The monoisotopic (exact) mass is 479 g/mol. The number of halogens is 1. The fourth-order valence-corrected chi connectivity index (χ4v) is 6.03. The number of carbonyl (C=O) groups is 2. The van der Waals surface area contributed by atoms with E-state index in [0.717, 1.165) is 35.1 Å². The molecule has 34 heavy (non-hydrogen) atoms. The van der Waals surface area contributed by atoms with Crippen LogP contribution in [0.15, 0.2) is 41.2 Å². The molecule has 1 fully saturated rings. The highest BCUT2D eigenvalue weighted by atomic mass is 35.5. The summed E-state index contributed by atoms with van der Waals surface area (Å²) in [5.74, 6) is 0.354. The molecular formula is C25H26ClN5O3. The summed E-state index contributed by atoms with van der Waals surface area (Å²) >= 11 is 6.16. The molecule has 0 saturated carbocycles. The van der Waals surface area contributed by atoms with E-state index in [-0.39, 0.29) is 35.9 Å². The normalized spacial score (nSPS) is 21.2. The Morgan fingerprint density at radius 3 is 2.88 bits per heavy atom. The van der Waals surface area contributed by atoms with E-state index in [4.69, 9.17) is 11.6 Å². The van der Waals surface area contributed by atoms with Crippen LogP contribution < -0.4 is 10.9 Å². The lowest BCUT2D eigenvalue weighted by Crippen LogP contribution is -2.52. The molecule has 0 radical (unpaired) electrons. The van der Waals surface area contributed by atoms with Gasteiger partial charge in [0, 0.05) is 65.5 Å². The van der Waals surface area contributed by atoms with Crippen molar-refractivity contribution in [3.63, 3.8) is 0 Å². The van der Waals surface area contributed by atoms with Gasteiger partial charge in [0.1, 0.15) is 0 Å². The third-order valence-electron chi connectivity index (χ3n) is 7.45. The van der Waals surface area contributed by atoms with E-state index in [1.165, 1.54) is 5.56 Å². The Morgan fingerprint density at radius 2 is 2.00 bits per heavy atom. The van der Waals surface area contributed by atoms with Crippen molar-refractivity contribution in [1.82, 2.24) is 24.7 Å². The van der Waals surface area contributed by atoms with Crippen LogP contribution in [0.1, 0.15) is 29.3 Å². The number of nitrogens with zero attached hydrogens (tertiary/aromatic N) is 3. The summed E-state index contributed by atoms with van der Waals surface area (Å²) in [5, 5.41) is 4.63. The molecular weight excluding hydrogens is 454 g/mol. The summed E-state index contributed by atoms with van der Waals surface area (Å²) in [6.07, 6.45) is 1.73. The van der Waals surface area contributed by atoms with E-state index in [1.54, 1.807) is 17.0 Å². The number of hydrogen-bond donors (Lipinski definition) is 2. The van der Waals surface area contributed by atoms with Crippen LogP contribution in [-0.4, -0.2) is 57.5 Å². The summed E-state index contributed by atoms with van der Waals surface area (Å²) in [4.78, 5) is 45.0. The largest absolute Gasteiger partial charge is 0.357 e. The van der Waals surface area contributed by atoms with Gasteiger partial charge in [-0.2, -0.15) is 0 Å². The number of urea groups is 1. The van der Waals surface area contributed by atoms with Crippen LogP contribution in [0.25, 0.3) is 10.9 Å². The van der Waals surface area contributed by atoms with Crippen molar-refractivity contribution in [2.45, 2.75) is 31.8 Å². The molecule has 3 aliphatic heterocycles. The zero-order chi connectivity index (χ0) is 23.4. The summed E-state index contributed by atoms with van der Waals surface area (Å²) in [6.45, 7) is 2.89. The average Bonchev–Trinajstić information content (AvgIpc) is 3.20. The van der Waals surface area contributed by atoms with Crippen molar-refractivity contribution in [2.75, 3.05) is 26.2 Å². The number of amides is 3. The van der Waals surface area contributed by atoms with Crippen LogP contribution in [0, 0.1) is 5.92 Å². The predicted molar refractivity (Wildman–Crippen MR) is 129 cm³/mol. The molecule has 0 aliphatic carbocycles. The Hall–Kier alpha value is -3.26. The first-order chi connectivity index (χ1) is 16.5. The number of pyridine rings is 1. The number of piperidine rings is 1. The minimum atomic E-state index is -0.232. The Balaban J connectivity index is 1.08. The molecule has 2 bridgehead atoms. The molecule has 1 saturated heterocycles. The molecule has 0 spiro atoms. The maximum Gasteiger partial charge on any atom is 0.318 e. The number of H-pyrrole nitrogens is 1. The molecule has 3 aromatic rings. The highest BCUT2D eigenvalue weighted by Crippen LogP contribution is 2.35. The number of hydrogen-bond acceptors (Lipinski definition) is 3. The lowest BCUT2D eigenvalue weighted by molar-refractivity contribution is -0.132. The van der Waals surface area contributed by atoms with Crippen LogP contribution in [0.2, 0.25) is 5.02 Å². The van der Waals surface area contributed by atoms with Crippen molar-refractivity contribution in [3.05, 3.63) is 68.7 Å². The number of aromatic nitrogens is 2. The zero-order valence-corrected chi connectivity index (χ0v) is 19.5. The minimum absolute atomic E-state index is 0.0223. The molecule has 0 unspecified atom stereocenters. The summed E-state index contributed by atoms with van der Waals surface area (Å²) in [6, 6.07) is 10.9. The van der Waals surface area contributed by atoms with E-state index in [9.17, 15) is 14.4 Å². The van der Waals surface area contributed by atoms with E-state index < -0.39 is 0 Å². The van der Waals surface area contributed by atoms with Crippen LogP contribution >= 0.6 is 11.6 Å². The number of carbonyl (C=O) groups excluding carboxylic acids is 2. The summed E-state index contributed by atoms with van der Waals surface area (Å²) < 4.78 is 1.85. The second-order valence-corrected chi connectivity index (χ2v) is 10.0. The number of aromatic amines is 1. The lowest BCUT2D eigenvalue weighted by Gasteiger charge is -2.42. The van der Waals surface area contributed by atoms with Gasteiger partial charge in [0.2, 0.25) is 5.91 Å². The maximum absolute atomic E-state index is 12.9. The third kappa shape index (κ3) is 3.66.